The minimum Gasteiger partial charge on any atom is -0.465 e. The highest BCUT2D eigenvalue weighted by Gasteiger charge is 2.47. The predicted molar refractivity (Wildman–Crippen MR) is 106 cm³/mol. The van der Waals surface area contributed by atoms with Gasteiger partial charge in [0.2, 0.25) is 0 Å². The normalized spacial score (nSPS) is 26.1. The predicted octanol–water partition coefficient (Wildman–Crippen LogP) is 2.95. The molecule has 3 heterocycles. The largest absolute Gasteiger partial charge is 0.465 e. The van der Waals surface area contributed by atoms with E-state index in [4.69, 9.17) is 26.8 Å². The van der Waals surface area contributed by atoms with Gasteiger partial charge < -0.3 is 20.5 Å². The molecule has 4 rings (SSSR count). The number of halogens is 2. The number of rotatable bonds is 3. The van der Waals surface area contributed by atoms with Crippen molar-refractivity contribution < 1.29 is 18.7 Å². The fourth-order valence-electron chi connectivity index (χ4n) is 3.88. The Morgan fingerprint density at radius 1 is 1.31 bits per heavy atom. The molecule has 0 aliphatic carbocycles. The maximum Gasteiger partial charge on any atom is 0.282 e. The number of carbonyl (C=O) groups is 1. The molecule has 152 valence electrons. The Morgan fingerprint density at radius 3 is 2.90 bits per heavy atom. The fourth-order valence-corrected chi connectivity index (χ4v) is 3.99. The number of nitrogens with one attached hydrogen (secondary N) is 1. The molecule has 2 aromatic rings. The number of benzene rings is 1. The summed E-state index contributed by atoms with van der Waals surface area (Å²) in [5.41, 5.74) is 5.81. The smallest absolute Gasteiger partial charge is 0.282 e. The molecule has 1 saturated heterocycles. The third kappa shape index (κ3) is 3.77. The maximum atomic E-state index is 14.9. The van der Waals surface area contributed by atoms with Crippen LogP contribution in [0.25, 0.3) is 0 Å². The first-order valence-corrected chi connectivity index (χ1v) is 9.53. The average Bonchev–Trinajstić information content (AvgIpc) is 3.13. The lowest BCUT2D eigenvalue weighted by Crippen LogP contribution is -2.36. The van der Waals surface area contributed by atoms with E-state index in [9.17, 15) is 9.18 Å². The first-order chi connectivity index (χ1) is 13.9. The van der Waals surface area contributed by atoms with Gasteiger partial charge in [0.1, 0.15) is 11.5 Å². The summed E-state index contributed by atoms with van der Waals surface area (Å²) in [6.45, 7) is 3.11. The molecule has 9 heteroatoms. The van der Waals surface area contributed by atoms with Gasteiger partial charge in [-0.2, -0.15) is 0 Å². The molecule has 0 radical (unpaired) electrons. The third-order valence-corrected chi connectivity index (χ3v) is 5.66. The van der Waals surface area contributed by atoms with Crippen LogP contribution < -0.4 is 11.1 Å². The number of amides is 1. The van der Waals surface area contributed by atoms with Crippen molar-refractivity contribution in [1.29, 1.82) is 0 Å². The summed E-state index contributed by atoms with van der Waals surface area (Å²) in [5.74, 6) is -0.944. The van der Waals surface area contributed by atoms with E-state index in [1.54, 1.807) is 12.1 Å². The number of nitrogens with two attached hydrogens (primary N) is 1. The molecule has 1 aromatic heterocycles. The van der Waals surface area contributed by atoms with Crippen LogP contribution in [-0.4, -0.2) is 36.7 Å². The molecule has 2 aliphatic rings. The molecule has 1 amide bonds. The molecule has 3 atom stereocenters. The zero-order valence-corrected chi connectivity index (χ0v) is 16.4. The average molecular weight is 419 g/mol. The Labute approximate surface area is 172 Å². The van der Waals surface area contributed by atoms with Crippen LogP contribution in [0.4, 0.5) is 10.1 Å². The minimum atomic E-state index is -0.995. The highest BCUT2D eigenvalue weighted by Crippen LogP contribution is 2.44. The molecule has 1 fully saturated rings. The van der Waals surface area contributed by atoms with E-state index in [0.717, 1.165) is 0 Å². The van der Waals surface area contributed by atoms with Gasteiger partial charge in [-0.3, -0.25) is 4.79 Å². The number of ether oxygens (including phenoxy) is 2. The van der Waals surface area contributed by atoms with Gasteiger partial charge in [-0.15, -0.1) is 0 Å². The highest BCUT2D eigenvalue weighted by atomic mass is 35.5. The van der Waals surface area contributed by atoms with Crippen LogP contribution in [0.2, 0.25) is 5.02 Å². The zero-order valence-electron chi connectivity index (χ0n) is 15.7. The van der Waals surface area contributed by atoms with Gasteiger partial charge in [0, 0.05) is 29.3 Å². The van der Waals surface area contributed by atoms with E-state index < -0.39 is 17.3 Å². The molecule has 2 unspecified atom stereocenters. The number of aromatic nitrogens is 1. The van der Waals surface area contributed by atoms with Crippen LogP contribution in [-0.2, 0) is 15.0 Å². The lowest BCUT2D eigenvalue weighted by molar-refractivity contribution is 0.102. The van der Waals surface area contributed by atoms with Crippen molar-refractivity contribution in [1.82, 2.24) is 4.98 Å². The Morgan fingerprint density at radius 2 is 2.14 bits per heavy atom. The topological polar surface area (TPSA) is 98.8 Å². The van der Waals surface area contributed by atoms with Gasteiger partial charge >= 0.3 is 0 Å². The van der Waals surface area contributed by atoms with Crippen molar-refractivity contribution in [2.75, 3.05) is 25.1 Å². The van der Waals surface area contributed by atoms with Crippen molar-refractivity contribution >= 4 is 29.2 Å². The van der Waals surface area contributed by atoms with Crippen molar-refractivity contribution in [3.8, 4) is 0 Å². The van der Waals surface area contributed by atoms with Crippen LogP contribution in [0.3, 0.4) is 0 Å². The first-order valence-electron chi connectivity index (χ1n) is 9.15. The summed E-state index contributed by atoms with van der Waals surface area (Å²) in [6.07, 6.45) is 1.39. The van der Waals surface area contributed by atoms with Crippen molar-refractivity contribution in [2.45, 2.75) is 12.5 Å². The summed E-state index contributed by atoms with van der Waals surface area (Å²) >= 11 is 5.81. The highest BCUT2D eigenvalue weighted by molar-refractivity contribution is 6.30. The zero-order chi connectivity index (χ0) is 20.6. The number of anilines is 1. The second kappa shape index (κ2) is 7.61. The van der Waals surface area contributed by atoms with Crippen molar-refractivity contribution in [2.24, 2.45) is 22.6 Å². The van der Waals surface area contributed by atoms with Gasteiger partial charge in [0.15, 0.2) is 0 Å². The molecule has 29 heavy (non-hydrogen) atoms. The molecule has 0 spiro atoms. The van der Waals surface area contributed by atoms with E-state index in [2.05, 4.69) is 15.3 Å². The van der Waals surface area contributed by atoms with Gasteiger partial charge in [0.05, 0.1) is 30.4 Å². The Bertz CT molecular complexity index is 969. The van der Waals surface area contributed by atoms with E-state index >= 15 is 0 Å². The van der Waals surface area contributed by atoms with Crippen molar-refractivity contribution in [3.05, 3.63) is 58.6 Å². The van der Waals surface area contributed by atoms with Gasteiger partial charge in [-0.05, 0) is 37.3 Å². The van der Waals surface area contributed by atoms with Crippen LogP contribution in [0.5, 0.6) is 0 Å². The molecule has 2 aliphatic heterocycles. The van der Waals surface area contributed by atoms with E-state index in [1.165, 1.54) is 24.4 Å². The molecule has 1 aromatic carbocycles. The lowest BCUT2D eigenvalue weighted by atomic mass is 9.75. The first kappa shape index (κ1) is 19.6. The van der Waals surface area contributed by atoms with Crippen LogP contribution in [0.15, 0.2) is 41.5 Å². The number of carbonyl (C=O) groups excluding carboxylic acids is 1. The summed E-state index contributed by atoms with van der Waals surface area (Å²) in [6, 6.07) is 7.45. The number of amidine groups is 1. The maximum absolute atomic E-state index is 14.9. The van der Waals surface area contributed by atoms with Crippen LogP contribution >= 0.6 is 11.6 Å². The molecule has 3 N–H and O–H groups in total. The Kier molecular flexibility index (Phi) is 5.14. The van der Waals surface area contributed by atoms with Crippen molar-refractivity contribution in [3.63, 3.8) is 0 Å². The molecular weight excluding hydrogens is 399 g/mol. The Balaban J connectivity index is 1.68. The standard InChI is InChI=1S/C20H20ClFN4O3/c1-20(15-10-28-8-11(15)9-29-19(23)26-20)14-6-13(3-4-16(14)22)25-18(27)17-5-2-12(21)7-24-17/h2-7,11,15H,8-10H2,1H3,(H2,23,26)(H,25,27)/t11?,15?,20-/m1/s1. The minimum absolute atomic E-state index is 0.0149. The quantitative estimate of drug-likeness (QED) is 0.798. The summed E-state index contributed by atoms with van der Waals surface area (Å²) in [5, 5.41) is 3.16. The monoisotopic (exact) mass is 418 g/mol. The van der Waals surface area contributed by atoms with E-state index in [0.29, 0.717) is 36.1 Å². The number of nitrogens with zero attached hydrogens (tertiary/aromatic N) is 2. The number of pyridine rings is 1. The Hall–Kier alpha value is -2.71. The lowest BCUT2D eigenvalue weighted by Gasteiger charge is -2.33. The molecule has 0 saturated carbocycles. The van der Waals surface area contributed by atoms with E-state index in [-0.39, 0.29) is 23.6 Å². The van der Waals surface area contributed by atoms with Gasteiger partial charge in [-0.1, -0.05) is 11.6 Å². The summed E-state index contributed by atoms with van der Waals surface area (Å²) < 4.78 is 26.0. The SMILES string of the molecule is C[C@]1(c2cc(NC(=O)c3ccc(Cl)cn3)ccc2F)N=C(N)OCC2COCC21. The summed E-state index contributed by atoms with van der Waals surface area (Å²) in [7, 11) is 0. The van der Waals surface area contributed by atoms with Gasteiger partial charge in [-0.25, -0.2) is 14.4 Å². The molecule has 0 bridgehead atoms. The number of fused-ring (bicyclic) bond motifs is 1. The molecular formula is C20H20ClFN4O3. The third-order valence-electron chi connectivity index (χ3n) is 5.44. The number of hydrogen-bond donors (Lipinski definition) is 2. The fraction of sp³-hybridized carbons (Fsp3) is 0.350. The van der Waals surface area contributed by atoms with Crippen LogP contribution in [0.1, 0.15) is 23.0 Å². The van der Waals surface area contributed by atoms with Gasteiger partial charge in [0.25, 0.3) is 11.9 Å². The number of aliphatic imine (C=N–C) groups is 1. The number of hydrogen-bond acceptors (Lipinski definition) is 6. The molecule has 7 nitrogen and oxygen atoms in total. The van der Waals surface area contributed by atoms with E-state index in [1.807, 2.05) is 6.92 Å². The van der Waals surface area contributed by atoms with Crippen LogP contribution in [0, 0.1) is 17.7 Å². The summed E-state index contributed by atoms with van der Waals surface area (Å²) in [4.78, 5) is 20.9. The second-order valence-electron chi connectivity index (χ2n) is 7.32. The second-order valence-corrected chi connectivity index (χ2v) is 7.76.